The molecule has 0 fully saturated rings. The number of rotatable bonds is 25. The summed E-state index contributed by atoms with van der Waals surface area (Å²) in [7, 11) is 0. The zero-order valence-electron chi connectivity index (χ0n) is 28.1. The molecule has 8 heteroatoms. The zero-order chi connectivity index (χ0) is 32.0. The first kappa shape index (κ1) is 39.9. The van der Waals surface area contributed by atoms with E-state index in [4.69, 9.17) is 18.9 Å². The van der Waals surface area contributed by atoms with Crippen LogP contribution in [0.25, 0.3) is 0 Å². The molecule has 0 unspecified atom stereocenters. The molecule has 246 valence electrons. The van der Waals surface area contributed by atoms with Gasteiger partial charge in [0.1, 0.15) is 0 Å². The van der Waals surface area contributed by atoms with Gasteiger partial charge in [-0.05, 0) is 51.4 Å². The van der Waals surface area contributed by atoms with Gasteiger partial charge in [0.15, 0.2) is 11.8 Å². The minimum atomic E-state index is -0.880. The maximum Gasteiger partial charge on any atom is 0.320 e. The fourth-order valence-electron chi connectivity index (χ4n) is 5.59. The topological polar surface area (TPSA) is 105 Å². The molecule has 0 heterocycles. The molecule has 0 aliphatic rings. The lowest BCUT2D eigenvalue weighted by Gasteiger charge is -2.31. The average Bonchev–Trinajstić information content (AvgIpc) is 2.89. The molecule has 0 saturated carbocycles. The molecule has 0 aromatic heterocycles. The van der Waals surface area contributed by atoms with Crippen molar-refractivity contribution < 1.29 is 38.1 Å². The highest BCUT2D eigenvalue weighted by molar-refractivity contribution is 5.96. The maximum atomic E-state index is 12.4. The molecule has 0 aromatic rings. The molecular formula is C34H62O8. The average molecular weight is 599 g/mol. The Kier molecular flexibility index (Phi) is 21.3. The Hall–Kier alpha value is -2.12. The van der Waals surface area contributed by atoms with Gasteiger partial charge in [-0.3, -0.25) is 19.2 Å². The highest BCUT2D eigenvalue weighted by Gasteiger charge is 2.43. The molecule has 42 heavy (non-hydrogen) atoms. The van der Waals surface area contributed by atoms with E-state index < -0.39 is 46.5 Å². The van der Waals surface area contributed by atoms with E-state index in [-0.39, 0.29) is 26.4 Å². The van der Waals surface area contributed by atoms with Crippen molar-refractivity contribution in [2.45, 2.75) is 145 Å². The quantitative estimate of drug-likeness (QED) is 0.0451. The fourth-order valence-corrected chi connectivity index (χ4v) is 5.59. The Labute approximate surface area is 256 Å². The second-order valence-electron chi connectivity index (χ2n) is 12.6. The van der Waals surface area contributed by atoms with Gasteiger partial charge in [0.2, 0.25) is 0 Å². The number of carbonyl (C=O) groups excluding carboxylic acids is 4. The van der Waals surface area contributed by atoms with Gasteiger partial charge in [0.05, 0.1) is 26.4 Å². The van der Waals surface area contributed by atoms with Gasteiger partial charge in [-0.15, -0.1) is 0 Å². The van der Waals surface area contributed by atoms with Crippen LogP contribution in [0.2, 0.25) is 0 Å². The Morgan fingerprint density at radius 3 is 0.786 bits per heavy atom. The number of unbranched alkanes of at least 4 members (excludes halogenated alkanes) is 11. The van der Waals surface area contributed by atoms with Gasteiger partial charge >= 0.3 is 23.9 Å². The van der Waals surface area contributed by atoms with Crippen molar-refractivity contribution in [2.75, 3.05) is 26.4 Å². The molecule has 0 atom stereocenters. The first-order valence-electron chi connectivity index (χ1n) is 16.6. The smallest absolute Gasteiger partial charge is 0.320 e. The number of esters is 4. The molecule has 8 nitrogen and oxygen atoms in total. The van der Waals surface area contributed by atoms with Crippen LogP contribution in [0.4, 0.5) is 0 Å². The predicted octanol–water partition coefficient (Wildman–Crippen LogP) is 7.99. The predicted molar refractivity (Wildman–Crippen MR) is 166 cm³/mol. The molecule has 0 spiro atoms. The minimum absolute atomic E-state index is 0.251. The van der Waals surface area contributed by atoms with E-state index >= 15 is 0 Å². The second kappa shape index (κ2) is 22.4. The molecule has 0 N–H and O–H groups in total. The molecule has 0 aromatic carbocycles. The first-order chi connectivity index (χ1) is 19.9. The molecule has 0 radical (unpaired) electrons. The van der Waals surface area contributed by atoms with Crippen LogP contribution in [0.3, 0.4) is 0 Å². The summed E-state index contributed by atoms with van der Waals surface area (Å²) in [4.78, 5) is 49.7. The lowest BCUT2D eigenvalue weighted by Crippen LogP contribution is -2.39. The summed E-state index contributed by atoms with van der Waals surface area (Å²) in [5, 5.41) is 0. The summed E-state index contributed by atoms with van der Waals surface area (Å²) in [6.07, 6.45) is 15.4. The van der Waals surface area contributed by atoms with Gasteiger partial charge in [0, 0.05) is 0 Å². The fraction of sp³-hybridized carbons (Fsp3) is 0.882. The van der Waals surface area contributed by atoms with Crippen molar-refractivity contribution in [2.24, 2.45) is 22.7 Å². The lowest BCUT2D eigenvalue weighted by atomic mass is 9.74. The molecule has 0 amide bonds. The van der Waals surface area contributed by atoms with Crippen LogP contribution in [0.5, 0.6) is 0 Å². The number of carbonyl (C=O) groups is 4. The third-order valence-corrected chi connectivity index (χ3v) is 8.04. The first-order valence-corrected chi connectivity index (χ1v) is 16.6. The van der Waals surface area contributed by atoms with Crippen molar-refractivity contribution in [3.8, 4) is 0 Å². The van der Waals surface area contributed by atoms with Gasteiger partial charge in [-0.1, -0.05) is 105 Å². The van der Waals surface area contributed by atoms with Gasteiger partial charge in [-0.25, -0.2) is 0 Å². The normalized spacial score (nSPS) is 12.0. The summed E-state index contributed by atoms with van der Waals surface area (Å²) in [6, 6.07) is 0. The summed E-state index contributed by atoms with van der Waals surface area (Å²) >= 11 is 0. The van der Waals surface area contributed by atoms with E-state index in [9.17, 15) is 19.2 Å². The van der Waals surface area contributed by atoms with E-state index in [1.807, 2.05) is 27.7 Å². The Balaban J connectivity index is 4.13. The summed E-state index contributed by atoms with van der Waals surface area (Å²) in [5.74, 6) is -3.70. The van der Waals surface area contributed by atoms with Crippen molar-refractivity contribution >= 4 is 23.9 Å². The van der Waals surface area contributed by atoms with E-state index in [2.05, 4.69) is 0 Å². The van der Waals surface area contributed by atoms with Gasteiger partial charge in [-0.2, -0.15) is 0 Å². The number of ether oxygens (including phenoxy) is 4. The molecule has 0 aliphatic heterocycles. The molecule has 0 bridgehead atoms. The molecule has 0 aliphatic carbocycles. The van der Waals surface area contributed by atoms with Crippen LogP contribution in [0.15, 0.2) is 0 Å². The van der Waals surface area contributed by atoms with E-state index in [0.717, 1.165) is 51.4 Å². The number of hydrogen-bond donors (Lipinski definition) is 0. The van der Waals surface area contributed by atoms with Crippen LogP contribution < -0.4 is 0 Å². The Morgan fingerprint density at radius 1 is 0.405 bits per heavy atom. The third-order valence-electron chi connectivity index (χ3n) is 8.04. The second-order valence-corrected chi connectivity index (χ2v) is 12.6. The SMILES string of the molecule is CCOC(=O)C(C(=O)OCC)C(C)(C)CCCCCCCCCCCCCCC(C)(C)C(C(=O)OCC)C(=O)OCC. The standard InChI is InChI=1S/C34H62O8/c1-9-39-29(35)27(30(36)40-10-2)33(5,6)25-23-21-19-17-15-13-14-16-18-20-22-24-26-34(7,8)28(31(37)41-11-3)32(38)42-12-4/h27-28H,9-26H2,1-8H3. The number of hydrogen-bond acceptors (Lipinski definition) is 8. The summed E-state index contributed by atoms with van der Waals surface area (Å²) in [6.45, 7) is 15.8. The van der Waals surface area contributed by atoms with E-state index in [0.29, 0.717) is 0 Å². The third kappa shape index (κ3) is 15.9. The molecular weight excluding hydrogens is 536 g/mol. The monoisotopic (exact) mass is 598 g/mol. The maximum absolute atomic E-state index is 12.4. The van der Waals surface area contributed by atoms with Crippen molar-refractivity contribution in [3.63, 3.8) is 0 Å². The zero-order valence-corrected chi connectivity index (χ0v) is 28.1. The van der Waals surface area contributed by atoms with E-state index in [1.54, 1.807) is 27.7 Å². The highest BCUT2D eigenvalue weighted by Crippen LogP contribution is 2.36. The molecule has 0 saturated heterocycles. The summed E-state index contributed by atoms with van der Waals surface area (Å²) < 4.78 is 20.6. The van der Waals surface area contributed by atoms with Crippen LogP contribution in [-0.2, 0) is 38.1 Å². The van der Waals surface area contributed by atoms with Crippen LogP contribution in [-0.4, -0.2) is 50.3 Å². The van der Waals surface area contributed by atoms with Gasteiger partial charge in [0.25, 0.3) is 0 Å². The van der Waals surface area contributed by atoms with Gasteiger partial charge < -0.3 is 18.9 Å². The van der Waals surface area contributed by atoms with Crippen molar-refractivity contribution in [1.29, 1.82) is 0 Å². The van der Waals surface area contributed by atoms with Crippen LogP contribution in [0.1, 0.15) is 145 Å². The molecule has 0 rings (SSSR count). The Bertz CT molecular complexity index is 674. The van der Waals surface area contributed by atoms with E-state index in [1.165, 1.54) is 38.5 Å². The largest absolute Gasteiger partial charge is 0.465 e. The van der Waals surface area contributed by atoms with Crippen LogP contribution in [0, 0.1) is 22.7 Å². The summed E-state index contributed by atoms with van der Waals surface area (Å²) in [5.41, 5.74) is -1.00. The minimum Gasteiger partial charge on any atom is -0.465 e. The highest BCUT2D eigenvalue weighted by atomic mass is 16.6. The van der Waals surface area contributed by atoms with Crippen LogP contribution >= 0.6 is 0 Å². The van der Waals surface area contributed by atoms with Crippen molar-refractivity contribution in [3.05, 3.63) is 0 Å². The Morgan fingerprint density at radius 2 is 0.595 bits per heavy atom. The lowest BCUT2D eigenvalue weighted by molar-refractivity contribution is -0.169. The van der Waals surface area contributed by atoms with Crippen molar-refractivity contribution in [1.82, 2.24) is 0 Å².